The number of nitrogens with zero attached hydrogens (tertiary/aromatic N) is 3. The van der Waals surface area contributed by atoms with Crippen LogP contribution >= 0.6 is 11.8 Å². The van der Waals surface area contributed by atoms with Gasteiger partial charge in [0.05, 0.1) is 5.75 Å². The van der Waals surface area contributed by atoms with Gasteiger partial charge in [0.2, 0.25) is 5.91 Å². The van der Waals surface area contributed by atoms with Gasteiger partial charge in [-0.25, -0.2) is 0 Å². The molecule has 0 aliphatic rings. The highest BCUT2D eigenvalue weighted by Gasteiger charge is 2.18. The van der Waals surface area contributed by atoms with Gasteiger partial charge in [-0.05, 0) is 57.4 Å². The van der Waals surface area contributed by atoms with Crippen molar-refractivity contribution in [3.05, 3.63) is 35.7 Å². The molecule has 0 spiro atoms. The third-order valence-corrected chi connectivity index (χ3v) is 4.92. The van der Waals surface area contributed by atoms with E-state index in [1.165, 1.54) is 22.9 Å². The van der Waals surface area contributed by atoms with E-state index in [2.05, 4.69) is 48.4 Å². The molecule has 6 heteroatoms. The summed E-state index contributed by atoms with van der Waals surface area (Å²) < 4.78 is 1.91. The van der Waals surface area contributed by atoms with Gasteiger partial charge in [0.1, 0.15) is 6.33 Å². The first-order chi connectivity index (χ1) is 10.8. The molecule has 0 bridgehead atoms. The molecule has 2 rings (SSSR count). The Labute approximate surface area is 141 Å². The summed E-state index contributed by atoms with van der Waals surface area (Å²) in [5.74, 6) is 0.337. The number of carbonyl (C=O) groups is 1. The van der Waals surface area contributed by atoms with Crippen LogP contribution in [0.15, 0.2) is 29.7 Å². The van der Waals surface area contributed by atoms with Crippen LogP contribution in [-0.2, 0) is 4.79 Å². The van der Waals surface area contributed by atoms with Crippen molar-refractivity contribution < 1.29 is 4.79 Å². The molecule has 23 heavy (non-hydrogen) atoms. The maximum absolute atomic E-state index is 12.1. The lowest BCUT2D eigenvalue weighted by Crippen LogP contribution is -2.43. The van der Waals surface area contributed by atoms with Crippen molar-refractivity contribution in [3.8, 4) is 5.69 Å². The van der Waals surface area contributed by atoms with E-state index in [4.69, 9.17) is 0 Å². The Morgan fingerprint density at radius 1 is 1.30 bits per heavy atom. The summed E-state index contributed by atoms with van der Waals surface area (Å²) in [6.07, 6.45) is 2.57. The molecule has 2 aromatic rings. The van der Waals surface area contributed by atoms with Gasteiger partial charge < -0.3 is 5.32 Å². The predicted octanol–water partition coefficient (Wildman–Crippen LogP) is 3.28. The van der Waals surface area contributed by atoms with Gasteiger partial charge in [-0.1, -0.05) is 24.8 Å². The smallest absolute Gasteiger partial charge is 0.230 e. The second kappa shape index (κ2) is 7.17. The highest BCUT2D eigenvalue weighted by atomic mass is 32.2. The van der Waals surface area contributed by atoms with E-state index < -0.39 is 0 Å². The molecule has 0 saturated heterocycles. The van der Waals surface area contributed by atoms with E-state index in [0.29, 0.717) is 5.75 Å². The first kappa shape index (κ1) is 17.5. The lowest BCUT2D eigenvalue weighted by atomic mass is 10.0. The standard InChI is InChI=1S/C17H24N4OS/c1-6-17(4,5)19-15(22)10-23-16-20-18-11-21(16)14-8-7-12(2)13(3)9-14/h7-9,11H,6,10H2,1-5H3,(H,19,22). The summed E-state index contributed by atoms with van der Waals surface area (Å²) in [6.45, 7) is 10.3. The number of aryl methyl sites for hydroxylation is 2. The van der Waals surface area contributed by atoms with Crippen LogP contribution in [0.5, 0.6) is 0 Å². The summed E-state index contributed by atoms with van der Waals surface area (Å²) in [7, 11) is 0. The summed E-state index contributed by atoms with van der Waals surface area (Å²) in [4.78, 5) is 12.1. The fraction of sp³-hybridized carbons (Fsp3) is 0.471. The quantitative estimate of drug-likeness (QED) is 0.825. The largest absolute Gasteiger partial charge is 0.351 e. The lowest BCUT2D eigenvalue weighted by molar-refractivity contribution is -0.120. The third-order valence-electron chi connectivity index (χ3n) is 3.98. The first-order valence-electron chi connectivity index (χ1n) is 7.74. The van der Waals surface area contributed by atoms with E-state index in [0.717, 1.165) is 17.3 Å². The molecule has 1 aromatic heterocycles. The Morgan fingerprint density at radius 3 is 2.70 bits per heavy atom. The molecular weight excluding hydrogens is 308 g/mol. The molecule has 0 saturated carbocycles. The second-order valence-corrected chi connectivity index (χ2v) is 7.27. The van der Waals surface area contributed by atoms with Gasteiger partial charge in [-0.15, -0.1) is 10.2 Å². The van der Waals surface area contributed by atoms with Crippen molar-refractivity contribution in [1.82, 2.24) is 20.1 Å². The Kier molecular flexibility index (Phi) is 5.46. The van der Waals surface area contributed by atoms with Crippen LogP contribution in [0.4, 0.5) is 0 Å². The van der Waals surface area contributed by atoms with E-state index in [9.17, 15) is 4.79 Å². The molecule has 0 aliphatic carbocycles. The van der Waals surface area contributed by atoms with Crippen molar-refractivity contribution in [2.45, 2.75) is 51.7 Å². The normalized spacial score (nSPS) is 11.5. The second-order valence-electron chi connectivity index (χ2n) is 6.33. The van der Waals surface area contributed by atoms with Gasteiger partial charge in [-0.3, -0.25) is 9.36 Å². The Bertz CT molecular complexity index is 694. The van der Waals surface area contributed by atoms with Gasteiger partial charge in [0, 0.05) is 11.2 Å². The summed E-state index contributed by atoms with van der Waals surface area (Å²) >= 11 is 1.40. The molecule has 1 heterocycles. The van der Waals surface area contributed by atoms with Crippen molar-refractivity contribution in [1.29, 1.82) is 0 Å². The zero-order valence-corrected chi connectivity index (χ0v) is 15.2. The molecule has 124 valence electrons. The highest BCUT2D eigenvalue weighted by Crippen LogP contribution is 2.21. The van der Waals surface area contributed by atoms with Gasteiger partial charge in [0.15, 0.2) is 5.16 Å². The number of carbonyl (C=O) groups excluding carboxylic acids is 1. The van der Waals surface area contributed by atoms with Crippen LogP contribution in [0.3, 0.4) is 0 Å². The van der Waals surface area contributed by atoms with Crippen LogP contribution < -0.4 is 5.32 Å². The Balaban J connectivity index is 2.07. The fourth-order valence-electron chi connectivity index (χ4n) is 2.01. The first-order valence-corrected chi connectivity index (χ1v) is 8.72. The van der Waals surface area contributed by atoms with Crippen LogP contribution in [0.25, 0.3) is 5.69 Å². The molecule has 0 unspecified atom stereocenters. The van der Waals surface area contributed by atoms with Crippen LogP contribution in [0.1, 0.15) is 38.3 Å². The van der Waals surface area contributed by atoms with Crippen LogP contribution in [-0.4, -0.2) is 32.0 Å². The molecule has 0 aliphatic heterocycles. The monoisotopic (exact) mass is 332 g/mol. The van der Waals surface area contributed by atoms with Gasteiger partial charge in [0.25, 0.3) is 0 Å². The number of aromatic nitrogens is 3. The summed E-state index contributed by atoms with van der Waals surface area (Å²) in [5.41, 5.74) is 3.29. The molecule has 1 N–H and O–H groups in total. The molecule has 0 radical (unpaired) electrons. The summed E-state index contributed by atoms with van der Waals surface area (Å²) in [6, 6.07) is 6.22. The van der Waals surface area contributed by atoms with Gasteiger partial charge >= 0.3 is 0 Å². The lowest BCUT2D eigenvalue weighted by Gasteiger charge is -2.24. The van der Waals surface area contributed by atoms with Crippen molar-refractivity contribution in [2.75, 3.05) is 5.75 Å². The molecule has 0 fully saturated rings. The third kappa shape index (κ3) is 4.58. The number of hydrogen-bond acceptors (Lipinski definition) is 4. The Hall–Kier alpha value is -1.82. The SMILES string of the molecule is CCC(C)(C)NC(=O)CSc1nncn1-c1ccc(C)c(C)c1. The fourth-order valence-corrected chi connectivity index (χ4v) is 2.74. The van der Waals surface area contributed by atoms with Crippen LogP contribution in [0, 0.1) is 13.8 Å². The number of rotatable bonds is 6. The van der Waals surface area contributed by atoms with E-state index in [1.807, 2.05) is 24.5 Å². The zero-order valence-electron chi connectivity index (χ0n) is 14.4. The molecule has 1 aromatic carbocycles. The number of hydrogen-bond donors (Lipinski definition) is 1. The van der Waals surface area contributed by atoms with Crippen molar-refractivity contribution in [2.24, 2.45) is 0 Å². The van der Waals surface area contributed by atoms with Crippen LogP contribution in [0.2, 0.25) is 0 Å². The van der Waals surface area contributed by atoms with Gasteiger partial charge in [-0.2, -0.15) is 0 Å². The average Bonchev–Trinajstić information content (AvgIpc) is 2.96. The number of thioether (sulfide) groups is 1. The average molecular weight is 332 g/mol. The number of nitrogens with one attached hydrogen (secondary N) is 1. The minimum Gasteiger partial charge on any atom is -0.351 e. The molecule has 1 amide bonds. The van der Waals surface area contributed by atoms with Crippen molar-refractivity contribution >= 4 is 17.7 Å². The van der Waals surface area contributed by atoms with Crippen molar-refractivity contribution in [3.63, 3.8) is 0 Å². The maximum Gasteiger partial charge on any atom is 0.230 e. The predicted molar refractivity (Wildman–Crippen MR) is 94.1 cm³/mol. The molecule has 0 atom stereocenters. The minimum atomic E-state index is -0.181. The van der Waals surface area contributed by atoms with E-state index in [1.54, 1.807) is 6.33 Å². The molecule has 5 nitrogen and oxygen atoms in total. The zero-order chi connectivity index (χ0) is 17.0. The summed E-state index contributed by atoms with van der Waals surface area (Å²) in [5, 5.41) is 11.9. The number of amides is 1. The maximum atomic E-state index is 12.1. The Morgan fingerprint density at radius 2 is 2.04 bits per heavy atom. The minimum absolute atomic E-state index is 0.0106. The number of benzene rings is 1. The van der Waals surface area contributed by atoms with E-state index in [-0.39, 0.29) is 11.4 Å². The topological polar surface area (TPSA) is 59.8 Å². The molecular formula is C17H24N4OS. The highest BCUT2D eigenvalue weighted by molar-refractivity contribution is 7.99. The van der Waals surface area contributed by atoms with E-state index >= 15 is 0 Å².